The van der Waals surface area contributed by atoms with E-state index < -0.39 is 6.09 Å². The molecule has 0 aromatic carbocycles. The van der Waals surface area contributed by atoms with Crippen LogP contribution in [0, 0.1) is 0 Å². The molecule has 0 bridgehead atoms. The lowest BCUT2D eigenvalue weighted by Crippen LogP contribution is -2.37. The number of H-pyrrole nitrogens is 1. The second-order valence-corrected chi connectivity index (χ2v) is 3.26. The lowest BCUT2D eigenvalue weighted by atomic mass is 10.0. The minimum atomic E-state index is -0.973. The summed E-state index contributed by atoms with van der Waals surface area (Å²) in [6, 6.07) is 1.83. The Bertz CT molecular complexity index is 424. The zero-order valence-electron chi connectivity index (χ0n) is 7.49. The second kappa shape index (κ2) is 3.17. The molecule has 5 nitrogen and oxygen atoms in total. The van der Waals surface area contributed by atoms with Gasteiger partial charge in [-0.05, 0) is 18.1 Å². The van der Waals surface area contributed by atoms with Crippen molar-refractivity contribution in [2.75, 3.05) is 6.54 Å². The van der Waals surface area contributed by atoms with E-state index in [9.17, 15) is 9.59 Å². The van der Waals surface area contributed by atoms with Gasteiger partial charge in [-0.25, -0.2) is 4.79 Å². The van der Waals surface area contributed by atoms with E-state index >= 15 is 0 Å². The van der Waals surface area contributed by atoms with E-state index in [1.165, 1.54) is 4.90 Å². The van der Waals surface area contributed by atoms with E-state index in [-0.39, 0.29) is 12.1 Å². The summed E-state index contributed by atoms with van der Waals surface area (Å²) >= 11 is 0. The maximum absolute atomic E-state index is 11.4. The number of rotatable bonds is 0. The van der Waals surface area contributed by atoms with Crippen LogP contribution in [0.1, 0.15) is 11.1 Å². The van der Waals surface area contributed by atoms with Gasteiger partial charge < -0.3 is 15.0 Å². The van der Waals surface area contributed by atoms with Gasteiger partial charge in [0.2, 0.25) is 0 Å². The van der Waals surface area contributed by atoms with Crippen LogP contribution < -0.4 is 5.56 Å². The Labute approximate surface area is 80.0 Å². The molecular formula is C9H10N2O3. The average Bonchev–Trinajstić information content (AvgIpc) is 2.18. The normalized spacial score (nSPS) is 15.0. The van der Waals surface area contributed by atoms with Crippen LogP contribution in [-0.2, 0) is 13.0 Å². The van der Waals surface area contributed by atoms with Gasteiger partial charge in [0, 0.05) is 18.3 Å². The molecule has 0 unspecified atom stereocenters. The summed E-state index contributed by atoms with van der Waals surface area (Å²) in [5.41, 5.74) is 1.33. The largest absolute Gasteiger partial charge is 0.465 e. The Kier molecular flexibility index (Phi) is 1.99. The predicted molar refractivity (Wildman–Crippen MR) is 49.2 cm³/mol. The molecule has 1 aliphatic rings. The first-order valence-electron chi connectivity index (χ1n) is 4.36. The number of carbonyl (C=O) groups is 1. The van der Waals surface area contributed by atoms with E-state index in [2.05, 4.69) is 4.98 Å². The number of fused-ring (bicyclic) bond motifs is 1. The summed E-state index contributed by atoms with van der Waals surface area (Å²) in [5, 5.41) is 8.77. The van der Waals surface area contributed by atoms with Crippen LogP contribution in [0.2, 0.25) is 0 Å². The quantitative estimate of drug-likeness (QED) is 0.628. The molecule has 1 aromatic rings. The first kappa shape index (κ1) is 8.80. The number of nitrogens with zero attached hydrogens (tertiary/aromatic N) is 1. The van der Waals surface area contributed by atoms with Crippen molar-refractivity contribution in [2.45, 2.75) is 13.0 Å². The maximum atomic E-state index is 11.4. The van der Waals surface area contributed by atoms with Gasteiger partial charge in [0.15, 0.2) is 0 Å². The third-order valence-electron chi connectivity index (χ3n) is 2.43. The van der Waals surface area contributed by atoms with E-state index in [0.29, 0.717) is 18.5 Å². The summed E-state index contributed by atoms with van der Waals surface area (Å²) in [7, 11) is 0. The standard InChI is InChI=1S/C9H10N2O3/c12-8-7-5-11(9(13)14)4-2-6(7)1-3-10-8/h1,3H,2,4-5H2,(H,10,12)(H,13,14). The van der Waals surface area contributed by atoms with Crippen LogP contribution in [0.5, 0.6) is 0 Å². The molecule has 1 aromatic heterocycles. The minimum absolute atomic E-state index is 0.187. The molecule has 0 radical (unpaired) electrons. The fourth-order valence-electron chi connectivity index (χ4n) is 1.65. The molecule has 1 amide bonds. The van der Waals surface area contributed by atoms with Crippen molar-refractivity contribution in [3.8, 4) is 0 Å². The number of nitrogens with one attached hydrogen (secondary N) is 1. The lowest BCUT2D eigenvalue weighted by Gasteiger charge is -2.25. The Morgan fingerprint density at radius 3 is 3.07 bits per heavy atom. The minimum Gasteiger partial charge on any atom is -0.465 e. The van der Waals surface area contributed by atoms with Gasteiger partial charge in [-0.1, -0.05) is 0 Å². The van der Waals surface area contributed by atoms with Gasteiger partial charge >= 0.3 is 6.09 Å². The first-order chi connectivity index (χ1) is 6.68. The summed E-state index contributed by atoms with van der Waals surface area (Å²) in [6.07, 6.45) is 1.24. The van der Waals surface area contributed by atoms with Crippen molar-refractivity contribution in [2.24, 2.45) is 0 Å². The second-order valence-electron chi connectivity index (χ2n) is 3.26. The number of aromatic amines is 1. The fourth-order valence-corrected chi connectivity index (χ4v) is 1.65. The molecule has 5 heteroatoms. The topological polar surface area (TPSA) is 73.4 Å². The number of hydrogen-bond acceptors (Lipinski definition) is 2. The van der Waals surface area contributed by atoms with Crippen LogP contribution >= 0.6 is 0 Å². The highest BCUT2D eigenvalue weighted by atomic mass is 16.4. The Hall–Kier alpha value is -1.78. The van der Waals surface area contributed by atoms with Gasteiger partial charge in [-0.15, -0.1) is 0 Å². The highest BCUT2D eigenvalue weighted by Gasteiger charge is 2.21. The number of pyridine rings is 1. The van der Waals surface area contributed by atoms with Crippen LogP contribution in [0.15, 0.2) is 17.1 Å². The molecule has 0 spiro atoms. The summed E-state index contributed by atoms with van der Waals surface area (Å²) < 4.78 is 0. The molecule has 0 atom stereocenters. The van der Waals surface area contributed by atoms with Crippen molar-refractivity contribution in [3.05, 3.63) is 33.7 Å². The van der Waals surface area contributed by atoms with Crippen molar-refractivity contribution in [3.63, 3.8) is 0 Å². The monoisotopic (exact) mass is 194 g/mol. The van der Waals surface area contributed by atoms with Gasteiger partial charge in [0.1, 0.15) is 0 Å². The summed E-state index contributed by atoms with van der Waals surface area (Å²) in [6.45, 7) is 0.659. The third kappa shape index (κ3) is 1.37. The third-order valence-corrected chi connectivity index (χ3v) is 2.43. The molecule has 2 rings (SSSR count). The molecule has 0 saturated carbocycles. The van der Waals surface area contributed by atoms with E-state index in [1.54, 1.807) is 6.20 Å². The number of carboxylic acid groups (broad SMARTS) is 1. The zero-order chi connectivity index (χ0) is 10.1. The molecule has 2 heterocycles. The molecule has 2 N–H and O–H groups in total. The maximum Gasteiger partial charge on any atom is 0.407 e. The van der Waals surface area contributed by atoms with Gasteiger partial charge in [-0.3, -0.25) is 4.79 Å². The summed E-state index contributed by atoms with van der Waals surface area (Å²) in [4.78, 5) is 25.8. The van der Waals surface area contributed by atoms with Crippen molar-refractivity contribution in [1.29, 1.82) is 0 Å². The highest BCUT2D eigenvalue weighted by molar-refractivity contribution is 5.65. The Balaban J connectivity index is 2.38. The van der Waals surface area contributed by atoms with Crippen LogP contribution in [0.25, 0.3) is 0 Å². The van der Waals surface area contributed by atoms with Crippen LogP contribution in [0.4, 0.5) is 4.79 Å². The Morgan fingerprint density at radius 1 is 1.57 bits per heavy atom. The molecule has 0 aliphatic carbocycles. The molecule has 1 aliphatic heterocycles. The van der Waals surface area contributed by atoms with Gasteiger partial charge in [0.25, 0.3) is 5.56 Å². The highest BCUT2D eigenvalue weighted by Crippen LogP contribution is 2.14. The van der Waals surface area contributed by atoms with Crippen molar-refractivity contribution >= 4 is 6.09 Å². The van der Waals surface area contributed by atoms with Crippen molar-refractivity contribution in [1.82, 2.24) is 9.88 Å². The molecule has 74 valence electrons. The van der Waals surface area contributed by atoms with E-state index in [4.69, 9.17) is 5.11 Å². The van der Waals surface area contributed by atoms with Gasteiger partial charge in [0.05, 0.1) is 6.54 Å². The predicted octanol–water partition coefficient (Wildman–Crippen LogP) is 0.411. The number of aromatic nitrogens is 1. The smallest absolute Gasteiger partial charge is 0.407 e. The SMILES string of the molecule is O=C(O)N1CCc2cc[nH]c(=O)c2C1. The number of amides is 1. The molecule has 0 fully saturated rings. The fraction of sp³-hybridized carbons (Fsp3) is 0.333. The lowest BCUT2D eigenvalue weighted by molar-refractivity contribution is 0.139. The Morgan fingerprint density at radius 2 is 2.36 bits per heavy atom. The van der Waals surface area contributed by atoms with Crippen molar-refractivity contribution < 1.29 is 9.90 Å². The molecular weight excluding hydrogens is 184 g/mol. The van der Waals surface area contributed by atoms with E-state index in [1.807, 2.05) is 6.07 Å². The average molecular weight is 194 g/mol. The molecule has 14 heavy (non-hydrogen) atoms. The van der Waals surface area contributed by atoms with Crippen LogP contribution in [0.3, 0.4) is 0 Å². The first-order valence-corrected chi connectivity index (χ1v) is 4.36. The number of hydrogen-bond donors (Lipinski definition) is 2. The van der Waals surface area contributed by atoms with Crippen LogP contribution in [-0.4, -0.2) is 27.6 Å². The molecule has 0 saturated heterocycles. The van der Waals surface area contributed by atoms with Gasteiger partial charge in [-0.2, -0.15) is 0 Å². The summed E-state index contributed by atoms with van der Waals surface area (Å²) in [5.74, 6) is 0. The zero-order valence-corrected chi connectivity index (χ0v) is 7.49. The van der Waals surface area contributed by atoms with E-state index in [0.717, 1.165) is 5.56 Å².